The predicted molar refractivity (Wildman–Crippen MR) is 69.0 cm³/mol. The summed E-state index contributed by atoms with van der Waals surface area (Å²) in [4.78, 5) is 25.4. The van der Waals surface area contributed by atoms with Gasteiger partial charge < -0.3 is 0 Å². The van der Waals surface area contributed by atoms with E-state index in [9.17, 15) is 22.8 Å². The molecule has 1 aliphatic heterocycles. The van der Waals surface area contributed by atoms with Gasteiger partial charge in [0.2, 0.25) is 11.8 Å². The zero-order valence-electron chi connectivity index (χ0n) is 11.5. The third-order valence-electron chi connectivity index (χ3n) is 3.78. The van der Waals surface area contributed by atoms with Crippen LogP contribution in [0.15, 0.2) is 30.4 Å². The van der Waals surface area contributed by atoms with E-state index in [2.05, 4.69) is 5.10 Å². The number of allylic oxidation sites excluding steroid dienone is 2. The maximum Gasteiger partial charge on any atom is 0.433 e. The van der Waals surface area contributed by atoms with E-state index < -0.39 is 35.5 Å². The van der Waals surface area contributed by atoms with Crippen molar-refractivity contribution >= 4 is 11.8 Å². The average molecular weight is 311 g/mol. The molecule has 1 fully saturated rings. The second kappa shape index (κ2) is 4.82. The van der Waals surface area contributed by atoms with Gasteiger partial charge in [0.25, 0.3) is 0 Å². The number of rotatable bonds is 2. The van der Waals surface area contributed by atoms with Gasteiger partial charge in [-0.2, -0.15) is 18.3 Å². The summed E-state index contributed by atoms with van der Waals surface area (Å²) in [6.07, 6.45) is 2.09. The molecule has 2 heterocycles. The largest absolute Gasteiger partial charge is 0.433 e. The Hall–Kier alpha value is -2.38. The standard InChI is InChI=1S/C14H12F3N3O2/c1-19-11(14(15,16)17)6-8(18-19)7-20-12(21)9-4-2-3-5-10(9)13(20)22/h2-6,9-10H,7H2,1H3/t9-,10+. The molecule has 0 N–H and O–H groups in total. The van der Waals surface area contributed by atoms with Gasteiger partial charge in [-0.1, -0.05) is 24.3 Å². The van der Waals surface area contributed by atoms with Crippen molar-refractivity contribution in [3.63, 3.8) is 0 Å². The Morgan fingerprint density at radius 3 is 2.14 bits per heavy atom. The molecule has 22 heavy (non-hydrogen) atoms. The van der Waals surface area contributed by atoms with Crippen LogP contribution in [-0.4, -0.2) is 26.5 Å². The summed E-state index contributed by atoms with van der Waals surface area (Å²) in [6, 6.07) is 0.855. The first-order chi connectivity index (χ1) is 10.3. The number of hydrogen-bond donors (Lipinski definition) is 0. The lowest BCUT2D eigenvalue weighted by molar-refractivity contribution is -0.143. The fourth-order valence-corrected chi connectivity index (χ4v) is 2.73. The Balaban J connectivity index is 1.85. The van der Waals surface area contributed by atoms with Gasteiger partial charge in [0.15, 0.2) is 0 Å². The van der Waals surface area contributed by atoms with Crippen molar-refractivity contribution in [3.05, 3.63) is 41.8 Å². The van der Waals surface area contributed by atoms with Crippen LogP contribution in [0.25, 0.3) is 0 Å². The Morgan fingerprint density at radius 2 is 1.68 bits per heavy atom. The zero-order valence-corrected chi connectivity index (χ0v) is 11.5. The van der Waals surface area contributed by atoms with Crippen LogP contribution >= 0.6 is 0 Å². The number of nitrogens with zero attached hydrogens (tertiary/aromatic N) is 3. The summed E-state index contributed by atoms with van der Waals surface area (Å²) in [5, 5.41) is 3.74. The summed E-state index contributed by atoms with van der Waals surface area (Å²) >= 11 is 0. The van der Waals surface area contributed by atoms with Gasteiger partial charge in [-0.3, -0.25) is 19.2 Å². The second-order valence-electron chi connectivity index (χ2n) is 5.23. The number of fused-ring (bicyclic) bond motifs is 1. The van der Waals surface area contributed by atoms with Gasteiger partial charge in [0.1, 0.15) is 5.69 Å². The van der Waals surface area contributed by atoms with E-state index in [0.29, 0.717) is 4.68 Å². The number of aromatic nitrogens is 2. The number of aryl methyl sites for hydroxylation is 1. The molecular weight excluding hydrogens is 299 g/mol. The monoisotopic (exact) mass is 311 g/mol. The summed E-state index contributed by atoms with van der Waals surface area (Å²) in [5.41, 5.74) is -0.887. The van der Waals surface area contributed by atoms with Gasteiger partial charge >= 0.3 is 6.18 Å². The lowest BCUT2D eigenvalue weighted by Crippen LogP contribution is -2.30. The molecule has 1 saturated heterocycles. The van der Waals surface area contributed by atoms with Crippen molar-refractivity contribution in [2.75, 3.05) is 0 Å². The highest BCUT2D eigenvalue weighted by molar-refractivity contribution is 6.07. The quantitative estimate of drug-likeness (QED) is 0.781. The average Bonchev–Trinajstić information content (AvgIpc) is 2.93. The minimum absolute atomic E-state index is 0.0307. The number of likely N-dealkylation sites (tertiary alicyclic amines) is 1. The molecule has 1 aromatic rings. The van der Waals surface area contributed by atoms with Crippen LogP contribution < -0.4 is 0 Å². The number of carbonyl (C=O) groups is 2. The van der Waals surface area contributed by atoms with Gasteiger partial charge in [0.05, 0.1) is 24.1 Å². The highest BCUT2D eigenvalue weighted by Gasteiger charge is 2.46. The lowest BCUT2D eigenvalue weighted by atomic mass is 9.91. The maximum absolute atomic E-state index is 12.7. The highest BCUT2D eigenvalue weighted by Crippen LogP contribution is 2.33. The van der Waals surface area contributed by atoms with Crippen molar-refractivity contribution in [1.82, 2.24) is 14.7 Å². The highest BCUT2D eigenvalue weighted by atomic mass is 19.4. The van der Waals surface area contributed by atoms with E-state index >= 15 is 0 Å². The maximum atomic E-state index is 12.7. The van der Waals surface area contributed by atoms with Gasteiger partial charge in [-0.15, -0.1) is 0 Å². The van der Waals surface area contributed by atoms with E-state index in [-0.39, 0.29) is 12.2 Å². The molecule has 0 unspecified atom stereocenters. The van der Waals surface area contributed by atoms with Crippen LogP contribution in [0.5, 0.6) is 0 Å². The Morgan fingerprint density at radius 1 is 1.14 bits per heavy atom. The number of halogens is 3. The van der Waals surface area contributed by atoms with Crippen molar-refractivity contribution in [3.8, 4) is 0 Å². The summed E-state index contributed by atoms with van der Waals surface area (Å²) in [6.45, 7) is -0.254. The van der Waals surface area contributed by atoms with Crippen molar-refractivity contribution < 1.29 is 22.8 Å². The van der Waals surface area contributed by atoms with Crippen LogP contribution in [-0.2, 0) is 29.4 Å². The normalized spacial score (nSPS) is 24.3. The van der Waals surface area contributed by atoms with Gasteiger partial charge in [-0.25, -0.2) is 0 Å². The molecule has 0 saturated carbocycles. The molecule has 1 aliphatic carbocycles. The minimum Gasteiger partial charge on any atom is -0.275 e. The molecular formula is C14H12F3N3O2. The molecule has 3 rings (SSSR count). The van der Waals surface area contributed by atoms with Crippen LogP contribution in [0.3, 0.4) is 0 Å². The molecule has 116 valence electrons. The Kier molecular flexibility index (Phi) is 3.19. The third kappa shape index (κ3) is 2.24. The molecule has 2 aliphatic rings. The molecule has 5 nitrogen and oxygen atoms in total. The molecule has 8 heteroatoms. The van der Waals surface area contributed by atoms with Gasteiger partial charge in [0, 0.05) is 7.05 Å². The molecule has 0 aromatic carbocycles. The number of alkyl halides is 3. The van der Waals surface area contributed by atoms with E-state index in [4.69, 9.17) is 0 Å². The van der Waals surface area contributed by atoms with E-state index in [0.717, 1.165) is 11.0 Å². The molecule has 2 atom stereocenters. The van der Waals surface area contributed by atoms with Crippen LogP contribution in [0.1, 0.15) is 11.4 Å². The summed E-state index contributed by atoms with van der Waals surface area (Å²) in [5.74, 6) is -1.95. The van der Waals surface area contributed by atoms with Crippen molar-refractivity contribution in [2.24, 2.45) is 18.9 Å². The number of amides is 2. The summed E-state index contributed by atoms with van der Waals surface area (Å²) in [7, 11) is 1.17. The smallest absolute Gasteiger partial charge is 0.275 e. The van der Waals surface area contributed by atoms with Crippen molar-refractivity contribution in [2.45, 2.75) is 12.7 Å². The second-order valence-corrected chi connectivity index (χ2v) is 5.23. The van der Waals surface area contributed by atoms with E-state index in [1.165, 1.54) is 7.05 Å². The fourth-order valence-electron chi connectivity index (χ4n) is 2.73. The summed E-state index contributed by atoms with van der Waals surface area (Å²) < 4.78 is 38.9. The Bertz CT molecular complexity index is 673. The zero-order chi connectivity index (χ0) is 16.1. The van der Waals surface area contributed by atoms with Crippen LogP contribution in [0.2, 0.25) is 0 Å². The first kappa shape index (κ1) is 14.6. The van der Waals surface area contributed by atoms with Crippen LogP contribution in [0, 0.1) is 11.8 Å². The number of hydrogen-bond acceptors (Lipinski definition) is 3. The minimum atomic E-state index is -4.53. The van der Waals surface area contributed by atoms with E-state index in [1.807, 2.05) is 0 Å². The molecule has 2 amide bonds. The number of imide groups is 1. The molecule has 0 spiro atoms. The topological polar surface area (TPSA) is 55.2 Å². The van der Waals surface area contributed by atoms with Gasteiger partial charge in [-0.05, 0) is 6.07 Å². The number of carbonyl (C=O) groups excluding carboxylic acids is 2. The van der Waals surface area contributed by atoms with Crippen LogP contribution in [0.4, 0.5) is 13.2 Å². The third-order valence-corrected chi connectivity index (χ3v) is 3.78. The predicted octanol–water partition coefficient (Wildman–Crippen LogP) is 1.67. The SMILES string of the molecule is Cn1nc(CN2C(=O)[C@H]3C=CC=C[C@H]3C2=O)cc1C(F)(F)F. The molecule has 0 bridgehead atoms. The molecule has 0 radical (unpaired) electrons. The van der Waals surface area contributed by atoms with Crippen molar-refractivity contribution in [1.29, 1.82) is 0 Å². The fraction of sp³-hybridized carbons (Fsp3) is 0.357. The van der Waals surface area contributed by atoms with E-state index in [1.54, 1.807) is 24.3 Å². The first-order valence-electron chi connectivity index (χ1n) is 6.59. The Labute approximate surface area is 123 Å². The first-order valence-corrected chi connectivity index (χ1v) is 6.59. The molecule has 1 aromatic heterocycles. The lowest BCUT2D eigenvalue weighted by Gasteiger charge is -2.12.